The van der Waals surface area contributed by atoms with Gasteiger partial charge in [0.25, 0.3) is 0 Å². The number of hydrogen-bond donors (Lipinski definition) is 1. The van der Waals surface area contributed by atoms with Crippen LogP contribution in [0.4, 0.5) is 0 Å². The number of hydrogen-bond acceptors (Lipinski definition) is 5. The molecule has 130 valence electrons. The first-order valence-corrected chi connectivity index (χ1v) is 9.86. The molecule has 0 bridgehead atoms. The first kappa shape index (κ1) is 17.3. The third-order valence-corrected chi connectivity index (χ3v) is 6.01. The molecule has 1 N–H and O–H groups in total. The monoisotopic (exact) mass is 348 g/mol. The Hall–Kier alpha value is -1.54. The first-order valence-electron chi connectivity index (χ1n) is 8.38. The lowest BCUT2D eigenvalue weighted by Crippen LogP contribution is -2.48. The number of rotatable bonds is 6. The predicted octanol–water partition coefficient (Wildman–Crippen LogP) is 1.15. The highest BCUT2D eigenvalue weighted by molar-refractivity contribution is 7.89. The standard InChI is InChI=1S/C17H24N4O2S/c1-2-20-11-13-21(14-12-20)10-9-19-24(22,23)16-7-3-5-15-6-4-8-18-17(15)16/h3-8,19H,2,9-14H2,1H3. The molecule has 2 heterocycles. The minimum atomic E-state index is -3.55. The summed E-state index contributed by atoms with van der Waals surface area (Å²) in [5.74, 6) is 0. The molecule has 0 atom stereocenters. The Kier molecular flexibility index (Phi) is 5.45. The van der Waals surface area contributed by atoms with Gasteiger partial charge in [-0.25, -0.2) is 13.1 Å². The van der Waals surface area contributed by atoms with Crippen molar-refractivity contribution in [2.75, 3.05) is 45.8 Å². The molecule has 1 fully saturated rings. The van der Waals surface area contributed by atoms with Crippen molar-refractivity contribution in [3.63, 3.8) is 0 Å². The molecule has 2 aromatic rings. The molecule has 1 aromatic carbocycles. The van der Waals surface area contributed by atoms with Crippen molar-refractivity contribution in [2.24, 2.45) is 0 Å². The summed E-state index contributed by atoms with van der Waals surface area (Å²) in [6, 6.07) is 8.91. The molecule has 0 saturated carbocycles. The lowest BCUT2D eigenvalue weighted by molar-refractivity contribution is 0.139. The lowest BCUT2D eigenvalue weighted by atomic mass is 10.2. The van der Waals surface area contributed by atoms with Crippen LogP contribution in [0.1, 0.15) is 6.92 Å². The van der Waals surface area contributed by atoms with Gasteiger partial charge < -0.3 is 4.90 Å². The Morgan fingerprint density at radius 1 is 1.08 bits per heavy atom. The number of aromatic nitrogens is 1. The molecule has 3 rings (SSSR count). The van der Waals surface area contributed by atoms with Crippen molar-refractivity contribution >= 4 is 20.9 Å². The van der Waals surface area contributed by atoms with E-state index in [4.69, 9.17) is 0 Å². The highest BCUT2D eigenvalue weighted by atomic mass is 32.2. The molecule has 1 aliphatic rings. The van der Waals surface area contributed by atoms with Gasteiger partial charge in [-0.05, 0) is 18.7 Å². The van der Waals surface area contributed by atoms with E-state index in [0.717, 1.165) is 44.7 Å². The van der Waals surface area contributed by atoms with Crippen LogP contribution in [-0.4, -0.2) is 69.0 Å². The van der Waals surface area contributed by atoms with E-state index in [9.17, 15) is 8.42 Å². The normalized spacial score (nSPS) is 17.4. The number of pyridine rings is 1. The second-order valence-electron chi connectivity index (χ2n) is 6.00. The van der Waals surface area contributed by atoms with Gasteiger partial charge in [-0.15, -0.1) is 0 Å². The molecule has 1 aromatic heterocycles. The number of nitrogens with one attached hydrogen (secondary N) is 1. The summed E-state index contributed by atoms with van der Waals surface area (Å²) in [7, 11) is -3.55. The molecule has 1 aliphatic heterocycles. The van der Waals surface area contributed by atoms with Gasteiger partial charge in [0.2, 0.25) is 10.0 Å². The molecule has 7 heteroatoms. The summed E-state index contributed by atoms with van der Waals surface area (Å²) in [4.78, 5) is 9.18. The molecule has 24 heavy (non-hydrogen) atoms. The Balaban J connectivity index is 1.62. The number of nitrogens with zero attached hydrogens (tertiary/aromatic N) is 3. The topological polar surface area (TPSA) is 65.5 Å². The maximum atomic E-state index is 12.6. The Morgan fingerprint density at radius 2 is 1.79 bits per heavy atom. The summed E-state index contributed by atoms with van der Waals surface area (Å²) in [5, 5.41) is 0.830. The fourth-order valence-electron chi connectivity index (χ4n) is 3.04. The van der Waals surface area contributed by atoms with Crippen LogP contribution >= 0.6 is 0 Å². The van der Waals surface area contributed by atoms with Crippen LogP contribution in [0.15, 0.2) is 41.4 Å². The average molecular weight is 348 g/mol. The second kappa shape index (κ2) is 7.57. The second-order valence-corrected chi connectivity index (χ2v) is 7.74. The Labute approximate surface area is 143 Å². The fourth-order valence-corrected chi connectivity index (χ4v) is 4.24. The van der Waals surface area contributed by atoms with Crippen LogP contribution in [0.25, 0.3) is 10.9 Å². The number of piperazine rings is 1. The molecular weight excluding hydrogens is 324 g/mol. The zero-order chi connectivity index (χ0) is 17.0. The van der Waals surface area contributed by atoms with Crippen molar-refractivity contribution in [3.05, 3.63) is 36.5 Å². The molecule has 0 unspecified atom stereocenters. The van der Waals surface area contributed by atoms with Gasteiger partial charge >= 0.3 is 0 Å². The van der Waals surface area contributed by atoms with E-state index in [1.54, 1.807) is 18.3 Å². The molecule has 0 spiro atoms. The fraction of sp³-hybridized carbons (Fsp3) is 0.471. The quantitative estimate of drug-likeness (QED) is 0.848. The van der Waals surface area contributed by atoms with E-state index in [2.05, 4.69) is 26.4 Å². The van der Waals surface area contributed by atoms with Crippen LogP contribution < -0.4 is 4.72 Å². The molecule has 0 radical (unpaired) electrons. The highest BCUT2D eigenvalue weighted by Gasteiger charge is 2.19. The molecule has 1 saturated heterocycles. The van der Waals surface area contributed by atoms with Gasteiger partial charge in [0, 0.05) is 50.9 Å². The third-order valence-electron chi connectivity index (χ3n) is 4.52. The van der Waals surface area contributed by atoms with Crippen molar-refractivity contribution < 1.29 is 8.42 Å². The molecule has 0 amide bonds. The molecular formula is C17H24N4O2S. The van der Waals surface area contributed by atoms with E-state index < -0.39 is 10.0 Å². The largest absolute Gasteiger partial charge is 0.301 e. The van der Waals surface area contributed by atoms with Gasteiger partial charge in [0.05, 0.1) is 5.52 Å². The smallest absolute Gasteiger partial charge is 0.242 e. The Morgan fingerprint density at radius 3 is 2.54 bits per heavy atom. The van der Waals surface area contributed by atoms with Gasteiger partial charge in [0.1, 0.15) is 4.90 Å². The van der Waals surface area contributed by atoms with E-state index in [0.29, 0.717) is 12.1 Å². The van der Waals surface area contributed by atoms with E-state index in [-0.39, 0.29) is 4.90 Å². The van der Waals surface area contributed by atoms with Crippen LogP contribution in [0.5, 0.6) is 0 Å². The number of fused-ring (bicyclic) bond motifs is 1. The van der Waals surface area contributed by atoms with Gasteiger partial charge in [-0.1, -0.05) is 25.1 Å². The van der Waals surface area contributed by atoms with Gasteiger partial charge in [-0.3, -0.25) is 9.88 Å². The molecule has 6 nitrogen and oxygen atoms in total. The maximum absolute atomic E-state index is 12.6. The summed E-state index contributed by atoms with van der Waals surface area (Å²) in [5.41, 5.74) is 0.518. The van der Waals surface area contributed by atoms with E-state index in [1.165, 1.54) is 0 Å². The van der Waals surface area contributed by atoms with Crippen molar-refractivity contribution in [1.82, 2.24) is 19.5 Å². The SMILES string of the molecule is CCN1CCN(CCNS(=O)(=O)c2cccc3cccnc23)CC1. The van der Waals surface area contributed by atoms with Crippen LogP contribution in [0, 0.1) is 0 Å². The summed E-state index contributed by atoms with van der Waals surface area (Å²) >= 11 is 0. The summed E-state index contributed by atoms with van der Waals surface area (Å²) in [6.07, 6.45) is 1.62. The highest BCUT2D eigenvalue weighted by Crippen LogP contribution is 2.20. The molecule has 0 aliphatic carbocycles. The number of likely N-dealkylation sites (N-methyl/N-ethyl adjacent to an activating group) is 1. The van der Waals surface area contributed by atoms with E-state index >= 15 is 0 Å². The van der Waals surface area contributed by atoms with Gasteiger partial charge in [0.15, 0.2) is 0 Å². The van der Waals surface area contributed by atoms with Gasteiger partial charge in [-0.2, -0.15) is 0 Å². The minimum Gasteiger partial charge on any atom is -0.301 e. The van der Waals surface area contributed by atoms with Crippen molar-refractivity contribution in [1.29, 1.82) is 0 Å². The summed E-state index contributed by atoms with van der Waals surface area (Å²) < 4.78 is 27.9. The zero-order valence-corrected chi connectivity index (χ0v) is 14.8. The first-order chi connectivity index (χ1) is 11.6. The number of para-hydroxylation sites is 1. The maximum Gasteiger partial charge on any atom is 0.242 e. The number of benzene rings is 1. The summed E-state index contributed by atoms with van der Waals surface area (Å²) in [6.45, 7) is 8.48. The third kappa shape index (κ3) is 3.92. The number of sulfonamides is 1. The zero-order valence-electron chi connectivity index (χ0n) is 14.0. The van der Waals surface area contributed by atoms with Crippen molar-refractivity contribution in [3.8, 4) is 0 Å². The Bertz CT molecular complexity index is 781. The lowest BCUT2D eigenvalue weighted by Gasteiger charge is -2.33. The average Bonchev–Trinajstić information content (AvgIpc) is 2.61. The van der Waals surface area contributed by atoms with Crippen molar-refractivity contribution in [2.45, 2.75) is 11.8 Å². The predicted molar refractivity (Wildman–Crippen MR) is 95.5 cm³/mol. The van der Waals surface area contributed by atoms with Crippen LogP contribution in [-0.2, 0) is 10.0 Å². The van der Waals surface area contributed by atoms with E-state index in [1.807, 2.05) is 18.2 Å². The van der Waals surface area contributed by atoms with Crippen LogP contribution in [0.2, 0.25) is 0 Å². The van der Waals surface area contributed by atoms with Crippen LogP contribution in [0.3, 0.4) is 0 Å². The minimum absolute atomic E-state index is 0.247.